The van der Waals surface area contributed by atoms with Crippen LogP contribution in [0.25, 0.3) is 0 Å². The lowest BCUT2D eigenvalue weighted by Gasteiger charge is -2.18. The van der Waals surface area contributed by atoms with E-state index in [2.05, 4.69) is 41.5 Å². The minimum Gasteiger partial charge on any atom is -0.462 e. The molecule has 0 saturated heterocycles. The SMILES string of the molecule is CC(C)CCCCCCCCCCCCCCCCCCCCC(=O)O[C@@H](COC(=O)CCCCCCCCCCCCCCCC(C)C)COC(=O)CCCCCCCCC(C)C. The molecular formula is C58H112O6. The maximum Gasteiger partial charge on any atom is 0.306 e. The van der Waals surface area contributed by atoms with Gasteiger partial charge in [0, 0.05) is 19.3 Å². The molecular weight excluding hydrogens is 793 g/mol. The summed E-state index contributed by atoms with van der Waals surface area (Å²) in [5.74, 6) is 1.61. The first-order valence-corrected chi connectivity index (χ1v) is 28.6. The van der Waals surface area contributed by atoms with Crippen molar-refractivity contribution in [3.63, 3.8) is 0 Å². The average molecular weight is 906 g/mol. The molecule has 0 saturated carbocycles. The quantitative estimate of drug-likeness (QED) is 0.0344. The van der Waals surface area contributed by atoms with Crippen molar-refractivity contribution < 1.29 is 28.6 Å². The van der Waals surface area contributed by atoms with Crippen LogP contribution in [0.15, 0.2) is 0 Å². The molecule has 0 spiro atoms. The molecule has 0 N–H and O–H groups in total. The zero-order chi connectivity index (χ0) is 47.0. The summed E-state index contributed by atoms with van der Waals surface area (Å²) in [7, 11) is 0. The Kier molecular flexibility index (Phi) is 48.1. The minimum atomic E-state index is -0.763. The van der Waals surface area contributed by atoms with Gasteiger partial charge in [0.05, 0.1) is 0 Å². The van der Waals surface area contributed by atoms with Gasteiger partial charge in [0.1, 0.15) is 13.2 Å². The average Bonchev–Trinajstić information content (AvgIpc) is 3.25. The molecule has 0 aromatic carbocycles. The Labute approximate surface area is 399 Å². The molecule has 0 fully saturated rings. The van der Waals surface area contributed by atoms with Crippen LogP contribution in [0, 0.1) is 17.8 Å². The van der Waals surface area contributed by atoms with Crippen molar-refractivity contribution in [3.05, 3.63) is 0 Å². The molecule has 6 nitrogen and oxygen atoms in total. The molecule has 0 bridgehead atoms. The Balaban J connectivity index is 4.20. The van der Waals surface area contributed by atoms with E-state index in [1.54, 1.807) is 0 Å². The van der Waals surface area contributed by atoms with Crippen LogP contribution in [-0.4, -0.2) is 37.2 Å². The van der Waals surface area contributed by atoms with Gasteiger partial charge >= 0.3 is 17.9 Å². The van der Waals surface area contributed by atoms with E-state index in [1.165, 1.54) is 199 Å². The van der Waals surface area contributed by atoms with E-state index in [-0.39, 0.29) is 31.1 Å². The molecule has 0 radical (unpaired) electrons. The fourth-order valence-electron chi connectivity index (χ4n) is 8.82. The zero-order valence-electron chi connectivity index (χ0n) is 44.1. The van der Waals surface area contributed by atoms with Gasteiger partial charge in [-0.25, -0.2) is 0 Å². The Morgan fingerprint density at radius 3 is 0.672 bits per heavy atom. The minimum absolute atomic E-state index is 0.0645. The normalized spacial score (nSPS) is 12.1. The van der Waals surface area contributed by atoms with Crippen LogP contribution in [-0.2, 0) is 28.6 Å². The molecule has 6 heteroatoms. The van der Waals surface area contributed by atoms with Crippen molar-refractivity contribution >= 4 is 17.9 Å². The van der Waals surface area contributed by atoms with Crippen LogP contribution < -0.4 is 0 Å². The van der Waals surface area contributed by atoms with Crippen LogP contribution in [0.5, 0.6) is 0 Å². The zero-order valence-corrected chi connectivity index (χ0v) is 44.1. The van der Waals surface area contributed by atoms with Crippen LogP contribution in [0.4, 0.5) is 0 Å². The first kappa shape index (κ1) is 62.4. The molecule has 0 aliphatic rings. The fourth-order valence-corrected chi connectivity index (χ4v) is 8.82. The molecule has 0 rings (SSSR count). The van der Waals surface area contributed by atoms with Crippen molar-refractivity contribution in [2.75, 3.05) is 13.2 Å². The maximum atomic E-state index is 12.8. The summed E-state index contributed by atoms with van der Waals surface area (Å²) < 4.78 is 16.8. The number of unbranched alkanes of at least 4 members (excludes halogenated alkanes) is 34. The maximum absolute atomic E-state index is 12.8. The molecule has 0 aliphatic carbocycles. The topological polar surface area (TPSA) is 78.9 Å². The lowest BCUT2D eigenvalue weighted by atomic mass is 10.0. The van der Waals surface area contributed by atoms with E-state index in [0.717, 1.165) is 75.5 Å². The Morgan fingerprint density at radius 2 is 0.453 bits per heavy atom. The summed E-state index contributed by atoms with van der Waals surface area (Å²) in [6.45, 7) is 13.7. The number of carbonyl (C=O) groups excluding carboxylic acids is 3. The van der Waals surface area contributed by atoms with E-state index >= 15 is 0 Å². The van der Waals surface area contributed by atoms with Gasteiger partial charge in [-0.3, -0.25) is 14.4 Å². The van der Waals surface area contributed by atoms with Crippen molar-refractivity contribution in [1.82, 2.24) is 0 Å². The molecule has 1 atom stereocenters. The molecule has 0 unspecified atom stereocenters. The molecule has 0 heterocycles. The number of rotatable bonds is 51. The third-order valence-corrected chi connectivity index (χ3v) is 13.1. The van der Waals surface area contributed by atoms with Gasteiger partial charge < -0.3 is 14.2 Å². The molecule has 0 aromatic heterocycles. The van der Waals surface area contributed by atoms with E-state index in [4.69, 9.17) is 14.2 Å². The molecule has 0 aromatic rings. The van der Waals surface area contributed by atoms with Gasteiger partial charge in [-0.2, -0.15) is 0 Å². The van der Waals surface area contributed by atoms with Crippen LogP contribution in [0.1, 0.15) is 318 Å². The highest BCUT2D eigenvalue weighted by Gasteiger charge is 2.19. The van der Waals surface area contributed by atoms with E-state index in [0.29, 0.717) is 19.3 Å². The standard InChI is InChI=1S/C58H112O6/c1-52(2)44-38-32-26-22-18-14-11-9-7-8-10-12-16-21-25-29-37-43-49-58(61)64-55(51-63-57(60)48-42-36-31-30-34-40-46-54(5)6)50-62-56(59)47-41-35-28-24-20-17-13-15-19-23-27-33-39-45-53(3)4/h52-55H,7-51H2,1-6H3/t55-/m0/s1. The van der Waals surface area contributed by atoms with Gasteiger partial charge in [-0.15, -0.1) is 0 Å². The number of esters is 3. The third kappa shape index (κ3) is 51.4. The molecule has 64 heavy (non-hydrogen) atoms. The van der Waals surface area contributed by atoms with Gasteiger partial charge in [0.25, 0.3) is 0 Å². The van der Waals surface area contributed by atoms with Gasteiger partial charge in [-0.1, -0.05) is 279 Å². The Hall–Kier alpha value is -1.59. The Bertz CT molecular complexity index is 991. The molecule has 380 valence electrons. The van der Waals surface area contributed by atoms with Crippen molar-refractivity contribution in [2.24, 2.45) is 17.8 Å². The molecule has 0 amide bonds. The Morgan fingerprint density at radius 1 is 0.266 bits per heavy atom. The summed E-state index contributed by atoms with van der Waals surface area (Å²) in [6.07, 6.45) is 51.2. The third-order valence-electron chi connectivity index (χ3n) is 13.1. The summed E-state index contributed by atoms with van der Waals surface area (Å²) in [6, 6.07) is 0. The largest absolute Gasteiger partial charge is 0.462 e. The number of ether oxygens (including phenoxy) is 3. The molecule has 0 aliphatic heterocycles. The van der Waals surface area contributed by atoms with Crippen LogP contribution in [0.3, 0.4) is 0 Å². The second-order valence-corrected chi connectivity index (χ2v) is 21.4. The lowest BCUT2D eigenvalue weighted by Crippen LogP contribution is -2.30. The van der Waals surface area contributed by atoms with Gasteiger partial charge in [-0.05, 0) is 37.0 Å². The second kappa shape index (κ2) is 49.3. The monoisotopic (exact) mass is 905 g/mol. The summed E-state index contributed by atoms with van der Waals surface area (Å²) in [5.41, 5.74) is 0. The summed E-state index contributed by atoms with van der Waals surface area (Å²) >= 11 is 0. The van der Waals surface area contributed by atoms with Gasteiger partial charge in [0.2, 0.25) is 0 Å². The van der Waals surface area contributed by atoms with Crippen molar-refractivity contribution in [2.45, 2.75) is 324 Å². The van der Waals surface area contributed by atoms with E-state index < -0.39 is 6.10 Å². The van der Waals surface area contributed by atoms with Gasteiger partial charge in [0.15, 0.2) is 6.10 Å². The second-order valence-electron chi connectivity index (χ2n) is 21.4. The van der Waals surface area contributed by atoms with Crippen LogP contribution in [0.2, 0.25) is 0 Å². The predicted octanol–water partition coefficient (Wildman–Crippen LogP) is 18.7. The van der Waals surface area contributed by atoms with Crippen molar-refractivity contribution in [1.29, 1.82) is 0 Å². The highest BCUT2D eigenvalue weighted by atomic mass is 16.6. The number of carbonyl (C=O) groups is 3. The fraction of sp³-hybridized carbons (Fsp3) is 0.948. The summed E-state index contributed by atoms with van der Waals surface area (Å²) in [4.78, 5) is 38.0. The summed E-state index contributed by atoms with van der Waals surface area (Å²) in [5, 5.41) is 0. The smallest absolute Gasteiger partial charge is 0.306 e. The highest BCUT2D eigenvalue weighted by molar-refractivity contribution is 5.71. The highest BCUT2D eigenvalue weighted by Crippen LogP contribution is 2.18. The van der Waals surface area contributed by atoms with E-state index in [9.17, 15) is 14.4 Å². The number of hydrogen-bond acceptors (Lipinski definition) is 6. The van der Waals surface area contributed by atoms with Crippen molar-refractivity contribution in [3.8, 4) is 0 Å². The lowest BCUT2D eigenvalue weighted by molar-refractivity contribution is -0.167. The number of hydrogen-bond donors (Lipinski definition) is 0. The first-order valence-electron chi connectivity index (χ1n) is 28.6. The predicted molar refractivity (Wildman–Crippen MR) is 275 cm³/mol. The van der Waals surface area contributed by atoms with Crippen LogP contribution >= 0.6 is 0 Å². The van der Waals surface area contributed by atoms with E-state index in [1.807, 2.05) is 0 Å². The first-order chi connectivity index (χ1) is 31.1.